The van der Waals surface area contributed by atoms with Crippen molar-refractivity contribution in [2.24, 2.45) is 0 Å². The Morgan fingerprint density at radius 2 is 0.952 bits per heavy atom. The first kappa shape index (κ1) is 21.7. The van der Waals surface area contributed by atoms with Gasteiger partial charge in [0.05, 0.1) is 0 Å². The molecule has 1 rings (SSSR count). The van der Waals surface area contributed by atoms with E-state index >= 15 is 0 Å². The highest BCUT2D eigenvalue weighted by Gasteiger charge is 2.38. The van der Waals surface area contributed by atoms with Crippen LogP contribution in [-0.2, 0) is 9.59 Å². The molecule has 1 aliphatic rings. The quantitative estimate of drug-likeness (QED) is 0.504. The molecular weight excluding hydrogens is 314 g/mol. The van der Waals surface area contributed by atoms with Gasteiger partial charge in [0.2, 0.25) is 0 Å². The Hall–Kier alpha value is -1.56. The molecule has 126 valence electrons. The summed E-state index contributed by atoms with van der Waals surface area (Å²) >= 11 is 0. The summed E-state index contributed by atoms with van der Waals surface area (Å²) in [6, 6.07) is 0. The van der Waals surface area contributed by atoms with E-state index in [0.29, 0.717) is 0 Å². The van der Waals surface area contributed by atoms with Crippen molar-refractivity contribution in [3.8, 4) is 0 Å². The van der Waals surface area contributed by atoms with Gasteiger partial charge in [-0.1, -0.05) is 6.42 Å². The predicted molar refractivity (Wildman–Crippen MR) is 57.2 cm³/mol. The summed E-state index contributed by atoms with van der Waals surface area (Å²) in [5, 5.41) is 14.2. The van der Waals surface area contributed by atoms with Crippen molar-refractivity contribution in [3.63, 3.8) is 0 Å². The highest BCUT2D eigenvalue weighted by Crippen LogP contribution is 2.13. The summed E-state index contributed by atoms with van der Waals surface area (Å²) in [5.74, 6) is -5.51. The highest BCUT2D eigenvalue weighted by molar-refractivity contribution is 5.73. The average Bonchev–Trinajstić information content (AvgIpc) is 2.59. The van der Waals surface area contributed by atoms with Gasteiger partial charge in [-0.15, -0.1) is 0 Å². The summed E-state index contributed by atoms with van der Waals surface area (Å²) < 4.78 is 63.5. The molecule has 0 spiro atoms. The molecule has 0 aliphatic carbocycles. The van der Waals surface area contributed by atoms with E-state index in [-0.39, 0.29) is 0 Å². The molecule has 0 amide bonds. The first-order valence-corrected chi connectivity index (χ1v) is 5.45. The van der Waals surface area contributed by atoms with Crippen molar-refractivity contribution in [1.29, 1.82) is 0 Å². The number of hydrazine groups is 1. The summed E-state index contributed by atoms with van der Waals surface area (Å²) in [5.41, 5.74) is 6.19. The van der Waals surface area contributed by atoms with Crippen LogP contribution in [0.5, 0.6) is 0 Å². The summed E-state index contributed by atoms with van der Waals surface area (Å²) in [4.78, 5) is 17.8. The summed E-state index contributed by atoms with van der Waals surface area (Å²) in [6.45, 7) is 2.28. The molecule has 21 heavy (non-hydrogen) atoms. The standard InChI is InChI=1S/C5H12N2.2C2HF3O2/c1-2-4-6-7-5-3-1;2*3-2(4,5)1(6)7/h6-7H,1-5H2;2*(H,6,7). The number of halogens is 6. The summed E-state index contributed by atoms with van der Waals surface area (Å²) in [6.07, 6.45) is -6.14. The zero-order chi connectivity index (χ0) is 17.1. The number of carboxylic acids is 2. The molecule has 6 nitrogen and oxygen atoms in total. The minimum Gasteiger partial charge on any atom is -0.475 e. The smallest absolute Gasteiger partial charge is 0.475 e. The van der Waals surface area contributed by atoms with Gasteiger partial charge < -0.3 is 10.2 Å². The maximum Gasteiger partial charge on any atom is 0.490 e. The molecular formula is C9H14F6N2O4. The van der Waals surface area contributed by atoms with E-state index in [1.807, 2.05) is 0 Å². The fraction of sp³-hybridized carbons (Fsp3) is 0.778. The third-order valence-electron chi connectivity index (χ3n) is 1.71. The molecule has 1 saturated heterocycles. The number of carbonyl (C=O) groups is 2. The maximum atomic E-state index is 10.6. The zero-order valence-electron chi connectivity index (χ0n) is 10.5. The van der Waals surface area contributed by atoms with Crippen LogP contribution < -0.4 is 10.9 Å². The SMILES string of the molecule is C1CCNNCC1.O=C(O)C(F)(F)F.O=C(O)C(F)(F)F. The van der Waals surface area contributed by atoms with Gasteiger partial charge in [-0.05, 0) is 12.8 Å². The van der Waals surface area contributed by atoms with Crippen molar-refractivity contribution in [3.05, 3.63) is 0 Å². The van der Waals surface area contributed by atoms with Crippen LogP contribution in [0.15, 0.2) is 0 Å². The van der Waals surface area contributed by atoms with Crippen molar-refractivity contribution >= 4 is 11.9 Å². The second-order valence-corrected chi connectivity index (χ2v) is 3.52. The molecule has 0 aromatic carbocycles. The Morgan fingerprint density at radius 1 is 0.714 bits per heavy atom. The lowest BCUT2D eigenvalue weighted by atomic mass is 10.2. The average molecular weight is 328 g/mol. The first-order chi connectivity index (χ1) is 9.39. The topological polar surface area (TPSA) is 98.7 Å². The van der Waals surface area contributed by atoms with Crippen molar-refractivity contribution in [1.82, 2.24) is 10.9 Å². The van der Waals surface area contributed by atoms with Crippen molar-refractivity contribution in [2.45, 2.75) is 31.6 Å². The molecule has 0 aromatic heterocycles. The molecule has 12 heteroatoms. The molecule has 0 saturated carbocycles. The Labute approximate surface area is 115 Å². The number of carboxylic acid groups (broad SMARTS) is 2. The van der Waals surface area contributed by atoms with E-state index in [0.717, 1.165) is 13.1 Å². The Kier molecular flexibility index (Phi) is 10.6. The Balaban J connectivity index is 0. The van der Waals surface area contributed by atoms with E-state index in [9.17, 15) is 26.3 Å². The lowest BCUT2D eigenvalue weighted by Gasteiger charge is -1.95. The largest absolute Gasteiger partial charge is 0.490 e. The van der Waals surface area contributed by atoms with Crippen LogP contribution in [0.25, 0.3) is 0 Å². The van der Waals surface area contributed by atoms with E-state index < -0.39 is 24.3 Å². The third kappa shape index (κ3) is 16.4. The van der Waals surface area contributed by atoms with E-state index in [1.165, 1.54) is 19.3 Å². The number of alkyl halides is 6. The van der Waals surface area contributed by atoms with Crippen molar-refractivity contribution in [2.75, 3.05) is 13.1 Å². The molecule has 0 radical (unpaired) electrons. The molecule has 0 atom stereocenters. The van der Waals surface area contributed by atoms with Gasteiger partial charge in [0.25, 0.3) is 0 Å². The fourth-order valence-electron chi connectivity index (χ4n) is 0.780. The van der Waals surface area contributed by atoms with Gasteiger partial charge in [-0.3, -0.25) is 10.9 Å². The highest BCUT2D eigenvalue weighted by atomic mass is 19.4. The zero-order valence-corrected chi connectivity index (χ0v) is 10.5. The van der Waals surface area contributed by atoms with E-state index in [4.69, 9.17) is 19.8 Å². The van der Waals surface area contributed by atoms with Gasteiger partial charge in [-0.25, -0.2) is 9.59 Å². The first-order valence-electron chi connectivity index (χ1n) is 5.45. The minimum atomic E-state index is -5.08. The number of nitrogens with one attached hydrogen (secondary N) is 2. The third-order valence-corrected chi connectivity index (χ3v) is 1.71. The fourth-order valence-corrected chi connectivity index (χ4v) is 0.780. The van der Waals surface area contributed by atoms with Gasteiger partial charge in [0.1, 0.15) is 0 Å². The molecule has 1 heterocycles. The molecule has 1 aliphatic heterocycles. The number of rotatable bonds is 0. The second-order valence-electron chi connectivity index (χ2n) is 3.52. The second kappa shape index (κ2) is 10.2. The number of hydrogen-bond acceptors (Lipinski definition) is 4. The van der Waals surface area contributed by atoms with Gasteiger partial charge in [-0.2, -0.15) is 26.3 Å². The molecule has 1 fully saturated rings. The molecule has 4 N–H and O–H groups in total. The monoisotopic (exact) mass is 328 g/mol. The van der Waals surface area contributed by atoms with E-state index in [2.05, 4.69) is 10.9 Å². The lowest BCUT2D eigenvalue weighted by Crippen LogP contribution is -2.30. The van der Waals surface area contributed by atoms with Crippen LogP contribution in [0, 0.1) is 0 Å². The van der Waals surface area contributed by atoms with Crippen LogP contribution in [0.1, 0.15) is 19.3 Å². The molecule has 0 unspecified atom stereocenters. The summed E-state index contributed by atoms with van der Waals surface area (Å²) in [7, 11) is 0. The van der Waals surface area contributed by atoms with Crippen molar-refractivity contribution < 1.29 is 46.1 Å². The van der Waals surface area contributed by atoms with Gasteiger partial charge in [0, 0.05) is 13.1 Å². The molecule has 0 aromatic rings. The predicted octanol–water partition coefficient (Wildman–Crippen LogP) is 1.53. The van der Waals surface area contributed by atoms with E-state index in [1.54, 1.807) is 0 Å². The lowest BCUT2D eigenvalue weighted by molar-refractivity contribution is -0.193. The maximum absolute atomic E-state index is 10.6. The van der Waals surface area contributed by atoms with Crippen LogP contribution in [0.4, 0.5) is 26.3 Å². The Bertz CT molecular complexity index is 275. The minimum absolute atomic E-state index is 1.14. The van der Waals surface area contributed by atoms with Crippen LogP contribution >= 0.6 is 0 Å². The Morgan fingerprint density at radius 3 is 1.14 bits per heavy atom. The van der Waals surface area contributed by atoms with Gasteiger partial charge in [0.15, 0.2) is 0 Å². The number of aliphatic carboxylic acids is 2. The van der Waals surface area contributed by atoms with Crippen LogP contribution in [0.3, 0.4) is 0 Å². The van der Waals surface area contributed by atoms with Crippen LogP contribution in [0.2, 0.25) is 0 Å². The number of hydrogen-bond donors (Lipinski definition) is 4. The van der Waals surface area contributed by atoms with Crippen LogP contribution in [-0.4, -0.2) is 47.6 Å². The molecule has 0 bridgehead atoms. The van der Waals surface area contributed by atoms with Gasteiger partial charge >= 0.3 is 24.3 Å². The normalized spacial score (nSPS) is 15.5.